The van der Waals surface area contributed by atoms with Crippen molar-refractivity contribution in [1.29, 1.82) is 0 Å². The Morgan fingerprint density at radius 1 is 0.326 bits per heavy atom. The molecule has 132 heavy (non-hydrogen) atoms. The van der Waals surface area contributed by atoms with Gasteiger partial charge in [-0.25, -0.2) is 18.7 Å². The van der Waals surface area contributed by atoms with Gasteiger partial charge >= 0.3 is 0 Å². The molecule has 4 unspecified atom stereocenters. The van der Waals surface area contributed by atoms with E-state index in [1.807, 2.05) is 14.0 Å². The number of primary amides is 4. The largest absolute Gasteiger partial charge is 0.496 e. The lowest BCUT2D eigenvalue weighted by Gasteiger charge is -2.38. The Kier molecular flexibility index (Phi) is 24.4. The molecule has 4 saturated heterocycles. The summed E-state index contributed by atoms with van der Waals surface area (Å²) in [5.74, 6) is 0.615. The second-order valence-electron chi connectivity index (χ2n) is 33.3. The Bertz CT molecular complexity index is 6120. The van der Waals surface area contributed by atoms with Gasteiger partial charge in [0.25, 0.3) is 23.6 Å². The fraction of sp³-hybridized carbons (Fsp3) is 0.458. The molecule has 4 aromatic carbocycles. The van der Waals surface area contributed by atoms with Crippen molar-refractivity contribution in [1.82, 2.24) is 58.7 Å². The minimum absolute atomic E-state index is 0.0134. The first-order valence-corrected chi connectivity index (χ1v) is 43.7. The molecule has 12 N–H and O–H groups in total. The molecular formula is C96H124N20O16. The van der Waals surface area contributed by atoms with Crippen LogP contribution in [0.2, 0.25) is 0 Å². The summed E-state index contributed by atoms with van der Waals surface area (Å²) in [5, 5.41) is 32.2. The first-order valence-electron chi connectivity index (χ1n) is 51.2. The van der Waals surface area contributed by atoms with Gasteiger partial charge in [0.05, 0.1) is 93.2 Å². The van der Waals surface area contributed by atoms with E-state index in [0.717, 1.165) is 77.0 Å². The number of ether oxygens (including phenoxy) is 8. The number of nitrogens with two attached hydrogens (primary N) is 4. The lowest BCUT2D eigenvalue weighted by molar-refractivity contribution is -0.128. The Hall–Kier alpha value is -14.0. The number of carbonyl (C=O) groups is 8. The number of hydrogen-bond donors (Lipinski definition) is 8. The van der Waals surface area contributed by atoms with Crippen LogP contribution in [0.1, 0.15) is 185 Å². The summed E-state index contributed by atoms with van der Waals surface area (Å²) in [7, 11) is -1.32. The number of rotatable bonds is 24. The highest BCUT2D eigenvalue weighted by molar-refractivity contribution is 6.07. The van der Waals surface area contributed by atoms with Gasteiger partial charge in [-0.1, -0.05) is 26.3 Å². The zero-order chi connectivity index (χ0) is 107. The van der Waals surface area contributed by atoms with E-state index in [9.17, 15) is 38.4 Å². The molecule has 0 spiro atoms. The van der Waals surface area contributed by atoms with Crippen LogP contribution in [-0.2, 0) is 19.2 Å². The summed E-state index contributed by atoms with van der Waals surface area (Å²) in [6, 6.07) is 12.1. The van der Waals surface area contributed by atoms with E-state index in [-0.39, 0.29) is 139 Å². The molecule has 0 aliphatic carbocycles. The van der Waals surface area contributed by atoms with Crippen molar-refractivity contribution in [2.24, 2.45) is 46.6 Å². The number of benzene rings is 4. The number of aromatic nitrogens is 8. The quantitative estimate of drug-likeness (QED) is 0.0260. The molecule has 4 aromatic heterocycles. The molecule has 4 atom stereocenters. The molecule has 0 saturated carbocycles. The van der Waals surface area contributed by atoms with Crippen LogP contribution in [0.4, 0.5) is 23.3 Å². The van der Waals surface area contributed by atoms with Crippen molar-refractivity contribution in [3.05, 3.63) is 144 Å². The van der Waals surface area contributed by atoms with Crippen LogP contribution < -0.4 is 82.1 Å². The van der Waals surface area contributed by atoms with Crippen LogP contribution in [0, 0.1) is 51.2 Å². The van der Waals surface area contributed by atoms with Gasteiger partial charge in [0, 0.05) is 131 Å². The van der Waals surface area contributed by atoms with E-state index < -0.39 is 69.8 Å². The predicted molar refractivity (Wildman–Crippen MR) is 503 cm³/mol. The molecular weight excluding hydrogens is 1690 g/mol. The number of piperidine rings is 4. The number of nitrogens with one attached hydrogen (secondary N) is 4. The second kappa shape index (κ2) is 41.9. The summed E-state index contributed by atoms with van der Waals surface area (Å²) in [5.41, 5.74) is 27.2. The number of fused-ring (bicyclic) bond motifs is 4. The minimum atomic E-state index is -2.95. The van der Waals surface area contributed by atoms with E-state index in [1.165, 1.54) is 72.0 Å². The van der Waals surface area contributed by atoms with Crippen LogP contribution in [0.5, 0.6) is 46.0 Å². The van der Waals surface area contributed by atoms with Crippen LogP contribution in [0.25, 0.3) is 45.0 Å². The monoisotopic (exact) mass is 1830 g/mol. The smallest absolute Gasteiger partial charge is 0.254 e. The summed E-state index contributed by atoms with van der Waals surface area (Å²) in [6.07, 6.45) is 14.7. The summed E-state index contributed by atoms with van der Waals surface area (Å²) in [4.78, 5) is 106. The number of hydrogen-bond acceptors (Lipinski definition) is 24. The van der Waals surface area contributed by atoms with Crippen molar-refractivity contribution < 1.29 is 96.8 Å². The van der Waals surface area contributed by atoms with Crippen molar-refractivity contribution in [2.75, 3.05) is 156 Å². The maximum atomic E-state index is 12.7. The standard InChI is InChI=1S/4C24H31N5O4/c4*1-5-20(30)28-10-7-15(8-11-28)17-6-9-26-24-21(23(25)31)22(27-29(17)24)16-12-18(32-3)14(2)19(13-16)33-4/h4*5,12-13,15,17,26H,1,6-11H2,2-4H3,(H2,25,31)/i2D3,3D3;2*3D3;2D3. The average Bonchev–Trinajstić information content (AvgIpc) is 1.62. The Morgan fingerprint density at radius 2 is 0.515 bits per heavy atom. The molecule has 0 radical (unpaired) electrons. The van der Waals surface area contributed by atoms with Crippen molar-refractivity contribution >= 4 is 70.5 Å². The van der Waals surface area contributed by atoms with E-state index in [4.69, 9.17) is 102 Å². The second-order valence-corrected chi connectivity index (χ2v) is 33.3. The Morgan fingerprint density at radius 3 is 0.689 bits per heavy atom. The average molecular weight is 1830 g/mol. The van der Waals surface area contributed by atoms with Gasteiger partial charge in [-0.15, -0.1) is 0 Å². The topological polar surface area (TPSA) is 447 Å². The number of methoxy groups -OCH3 is 8. The molecule has 704 valence electrons. The van der Waals surface area contributed by atoms with Crippen molar-refractivity contribution in [2.45, 2.75) is 129 Å². The zero-order valence-electron chi connectivity index (χ0n) is 90.1. The molecule has 12 heterocycles. The van der Waals surface area contributed by atoms with Crippen LogP contribution in [0.3, 0.4) is 0 Å². The molecule has 8 amide bonds. The van der Waals surface area contributed by atoms with Gasteiger partial charge in [-0.3, -0.25) is 38.4 Å². The molecule has 8 aliphatic rings. The van der Waals surface area contributed by atoms with Crippen molar-refractivity contribution in [3.8, 4) is 91.0 Å². The van der Waals surface area contributed by atoms with Gasteiger partial charge in [0.2, 0.25) is 23.6 Å². The number of carbonyl (C=O) groups excluding carboxylic acids is 8. The maximum absolute atomic E-state index is 12.7. The van der Waals surface area contributed by atoms with Gasteiger partial charge in [0.15, 0.2) is 0 Å². The van der Waals surface area contributed by atoms with Gasteiger partial charge in [-0.2, -0.15) is 20.4 Å². The van der Waals surface area contributed by atoms with Gasteiger partial charge in [-0.05, 0) is 201 Å². The molecule has 8 aromatic rings. The third kappa shape index (κ3) is 19.3. The van der Waals surface area contributed by atoms with Crippen LogP contribution in [-0.4, -0.2) is 241 Å². The maximum Gasteiger partial charge on any atom is 0.254 e. The van der Waals surface area contributed by atoms with Crippen LogP contribution in [0.15, 0.2) is 99.2 Å². The fourth-order valence-electron chi connectivity index (χ4n) is 19.5. The first-order chi connectivity index (χ1) is 69.4. The molecule has 16 rings (SSSR count). The van der Waals surface area contributed by atoms with E-state index >= 15 is 0 Å². The highest BCUT2D eigenvalue weighted by Crippen LogP contribution is 2.49. The molecule has 4 fully saturated rings. The first kappa shape index (κ1) is 76.9. The Labute approximate surface area is 789 Å². The zero-order valence-corrected chi connectivity index (χ0v) is 75.1. The van der Waals surface area contributed by atoms with Crippen LogP contribution >= 0.6 is 0 Å². The highest BCUT2D eigenvalue weighted by Gasteiger charge is 2.42. The van der Waals surface area contributed by atoms with Crippen molar-refractivity contribution in [3.63, 3.8) is 0 Å². The Balaban J connectivity index is 0.000000164. The highest BCUT2D eigenvalue weighted by atomic mass is 16.5. The number of amides is 8. The number of anilines is 4. The molecule has 8 aliphatic heterocycles. The third-order valence-corrected chi connectivity index (χ3v) is 26.4. The molecule has 36 heteroatoms. The summed E-state index contributed by atoms with van der Waals surface area (Å²) >= 11 is 0. The molecule has 36 nitrogen and oxygen atoms in total. The number of likely N-dealkylation sites (tertiary alicyclic amines) is 4. The normalized spacial score (nSPS) is 20.4. The SMILES string of the molecule is [2H]C([2H])([2H])Oc1cc(-c2nn3c(c2C(N)=O)NCCC3C2CCN(C(=O)C=C)CC2)cc(OC)c1C.[2H]C([2H])([2H])Oc1cc(-c2nn3c(c2C(N)=O)NCCC3C2CCN(C(=O)C=C)CC2)cc(OC)c1C.[2H]C([2H])([2H])Oc1cc(-c2nn3c(c2C(N)=O)NCCC3C2CCN(C(=O)C=C)CC2)cc(OC)c1C([2H])([2H])[2H].[2H]C([2H])([2H])c1c(OC)cc(-c2nn3c(c2C(N)=O)NCCC3C2CCN(C(=O)C=C)CC2)cc1OC. The summed E-state index contributed by atoms with van der Waals surface area (Å²) < 4.78 is 165. The predicted octanol–water partition coefficient (Wildman–Crippen LogP) is 11.0. The number of nitrogens with zero attached hydrogens (tertiary/aromatic N) is 12. The lowest BCUT2D eigenvalue weighted by Crippen LogP contribution is -2.41. The van der Waals surface area contributed by atoms with Gasteiger partial charge < -0.3 is 102 Å². The molecule has 0 bridgehead atoms. The summed E-state index contributed by atoms with van der Waals surface area (Å²) in [6.45, 7) is 19.9. The van der Waals surface area contributed by atoms with Gasteiger partial charge in [0.1, 0.15) is 114 Å². The van der Waals surface area contributed by atoms with E-state index in [1.54, 1.807) is 74.5 Å². The lowest BCUT2D eigenvalue weighted by atomic mass is 9.87. The third-order valence-electron chi connectivity index (χ3n) is 26.4. The van der Waals surface area contributed by atoms with E-state index in [0.29, 0.717) is 158 Å². The fourth-order valence-corrected chi connectivity index (χ4v) is 19.5. The minimum Gasteiger partial charge on any atom is -0.496 e. The van der Waals surface area contributed by atoms with E-state index in [2.05, 4.69) is 47.6 Å².